The SMILES string of the molecule is O=C(CS[C@@H]1CCS(=O)(=O)C1)Nc1ccc(F)c(F)c1. The standard InChI is InChI=1S/C12H13F2NO3S2/c13-10-2-1-8(5-11(10)14)15-12(16)6-19-9-3-4-20(17,18)7-9/h1-2,5,9H,3-4,6-7H2,(H,15,16)/t9-/m1/s1. The third kappa shape index (κ3) is 4.17. The van der Waals surface area contributed by atoms with Gasteiger partial charge in [0, 0.05) is 17.0 Å². The summed E-state index contributed by atoms with van der Waals surface area (Å²) in [5, 5.41) is 2.37. The molecule has 0 unspecified atom stereocenters. The first-order chi connectivity index (χ1) is 9.35. The van der Waals surface area contributed by atoms with Crippen LogP contribution in [0, 0.1) is 11.6 Å². The Labute approximate surface area is 119 Å². The number of thioether (sulfide) groups is 1. The number of sulfone groups is 1. The van der Waals surface area contributed by atoms with Crippen LogP contribution in [0.5, 0.6) is 0 Å². The van der Waals surface area contributed by atoms with Gasteiger partial charge in [0.25, 0.3) is 0 Å². The molecule has 0 aliphatic carbocycles. The summed E-state index contributed by atoms with van der Waals surface area (Å²) in [5.74, 6) is -2.04. The van der Waals surface area contributed by atoms with Crippen LogP contribution in [-0.4, -0.2) is 36.8 Å². The zero-order chi connectivity index (χ0) is 14.8. The van der Waals surface area contributed by atoms with Gasteiger partial charge in [0.2, 0.25) is 5.91 Å². The summed E-state index contributed by atoms with van der Waals surface area (Å²) in [6.45, 7) is 0. The normalized spacial score (nSPS) is 20.8. The molecule has 1 aliphatic heterocycles. The van der Waals surface area contributed by atoms with Crippen LogP contribution in [0.15, 0.2) is 18.2 Å². The number of hydrogen-bond acceptors (Lipinski definition) is 4. The van der Waals surface area contributed by atoms with Gasteiger partial charge in [-0.1, -0.05) is 0 Å². The molecule has 1 aromatic carbocycles. The van der Waals surface area contributed by atoms with Crippen LogP contribution in [-0.2, 0) is 14.6 Å². The van der Waals surface area contributed by atoms with Crippen molar-refractivity contribution in [3.63, 3.8) is 0 Å². The van der Waals surface area contributed by atoms with Crippen LogP contribution < -0.4 is 5.32 Å². The Balaban J connectivity index is 1.82. The van der Waals surface area contributed by atoms with E-state index < -0.39 is 21.5 Å². The van der Waals surface area contributed by atoms with Crippen molar-refractivity contribution < 1.29 is 22.0 Å². The number of benzene rings is 1. The highest BCUT2D eigenvalue weighted by atomic mass is 32.2. The number of amides is 1. The summed E-state index contributed by atoms with van der Waals surface area (Å²) in [7, 11) is -2.96. The molecular formula is C12H13F2NO3S2. The molecule has 1 amide bonds. The second kappa shape index (κ2) is 6.09. The lowest BCUT2D eigenvalue weighted by Gasteiger charge is -2.08. The molecule has 0 spiro atoms. The predicted molar refractivity (Wildman–Crippen MR) is 74.5 cm³/mol. The number of carbonyl (C=O) groups excluding carboxylic acids is 1. The van der Waals surface area contributed by atoms with Gasteiger partial charge in [0.15, 0.2) is 21.5 Å². The molecule has 8 heteroatoms. The minimum atomic E-state index is -2.96. The van der Waals surface area contributed by atoms with Crippen molar-refractivity contribution in [3.05, 3.63) is 29.8 Å². The molecule has 1 aromatic rings. The van der Waals surface area contributed by atoms with Gasteiger partial charge in [-0.05, 0) is 18.6 Å². The summed E-state index contributed by atoms with van der Waals surface area (Å²) in [5.41, 5.74) is 0.175. The fraction of sp³-hybridized carbons (Fsp3) is 0.417. The number of halogens is 2. The Morgan fingerprint density at radius 1 is 1.35 bits per heavy atom. The van der Waals surface area contributed by atoms with E-state index >= 15 is 0 Å². The monoisotopic (exact) mass is 321 g/mol. The average Bonchev–Trinajstić information content (AvgIpc) is 2.71. The van der Waals surface area contributed by atoms with E-state index in [-0.39, 0.29) is 34.1 Å². The molecule has 0 bridgehead atoms. The second-order valence-corrected chi connectivity index (χ2v) is 8.03. The molecule has 1 atom stereocenters. The van der Waals surface area contributed by atoms with E-state index in [2.05, 4.69) is 5.32 Å². The molecule has 4 nitrogen and oxygen atoms in total. The first-order valence-corrected chi connectivity index (χ1v) is 8.80. The lowest BCUT2D eigenvalue weighted by molar-refractivity contribution is -0.113. The van der Waals surface area contributed by atoms with E-state index in [1.165, 1.54) is 17.8 Å². The van der Waals surface area contributed by atoms with Crippen LogP contribution >= 0.6 is 11.8 Å². The average molecular weight is 321 g/mol. The maximum absolute atomic E-state index is 12.9. The summed E-state index contributed by atoms with van der Waals surface area (Å²) in [4.78, 5) is 11.6. The first kappa shape index (κ1) is 15.2. The number of anilines is 1. The van der Waals surface area contributed by atoms with Gasteiger partial charge in [-0.15, -0.1) is 11.8 Å². The smallest absolute Gasteiger partial charge is 0.234 e. The van der Waals surface area contributed by atoms with Crippen LogP contribution in [0.4, 0.5) is 14.5 Å². The molecule has 1 aliphatic rings. The van der Waals surface area contributed by atoms with Crippen molar-refractivity contribution in [2.75, 3.05) is 22.6 Å². The van der Waals surface area contributed by atoms with Crippen molar-refractivity contribution in [1.29, 1.82) is 0 Å². The molecule has 20 heavy (non-hydrogen) atoms. The molecule has 0 aromatic heterocycles. The Morgan fingerprint density at radius 2 is 2.10 bits per heavy atom. The zero-order valence-corrected chi connectivity index (χ0v) is 12.1. The first-order valence-electron chi connectivity index (χ1n) is 5.93. The van der Waals surface area contributed by atoms with E-state index in [1.807, 2.05) is 0 Å². The molecule has 1 N–H and O–H groups in total. The van der Waals surface area contributed by atoms with E-state index in [9.17, 15) is 22.0 Å². The van der Waals surface area contributed by atoms with Crippen molar-refractivity contribution in [2.24, 2.45) is 0 Å². The van der Waals surface area contributed by atoms with Crippen LogP contribution in [0.1, 0.15) is 6.42 Å². The van der Waals surface area contributed by atoms with Gasteiger partial charge < -0.3 is 5.32 Å². The fourth-order valence-corrected chi connectivity index (χ4v) is 5.30. The van der Waals surface area contributed by atoms with E-state index in [4.69, 9.17) is 0 Å². The van der Waals surface area contributed by atoms with Crippen molar-refractivity contribution in [3.8, 4) is 0 Å². The van der Waals surface area contributed by atoms with Gasteiger partial charge in [-0.2, -0.15) is 0 Å². The maximum atomic E-state index is 12.9. The van der Waals surface area contributed by atoms with Gasteiger partial charge in [-0.25, -0.2) is 17.2 Å². The van der Waals surface area contributed by atoms with Crippen molar-refractivity contribution >= 4 is 33.2 Å². The summed E-state index contributed by atoms with van der Waals surface area (Å²) in [6, 6.07) is 3.10. The van der Waals surface area contributed by atoms with E-state index in [0.29, 0.717) is 6.42 Å². The highest BCUT2D eigenvalue weighted by molar-refractivity contribution is 8.02. The van der Waals surface area contributed by atoms with E-state index in [1.54, 1.807) is 0 Å². The highest BCUT2D eigenvalue weighted by Crippen LogP contribution is 2.24. The van der Waals surface area contributed by atoms with Crippen LogP contribution in [0.3, 0.4) is 0 Å². The minimum Gasteiger partial charge on any atom is -0.325 e. The Hall–Kier alpha value is -1.15. The maximum Gasteiger partial charge on any atom is 0.234 e. The minimum absolute atomic E-state index is 0.0734. The second-order valence-electron chi connectivity index (χ2n) is 4.51. The van der Waals surface area contributed by atoms with Gasteiger partial charge in [0.1, 0.15) is 0 Å². The summed E-state index contributed by atoms with van der Waals surface area (Å²) < 4.78 is 48.2. The van der Waals surface area contributed by atoms with Gasteiger partial charge in [0.05, 0.1) is 17.3 Å². The summed E-state index contributed by atoms with van der Waals surface area (Å²) in [6.07, 6.45) is 0.547. The molecule has 2 rings (SSSR count). The zero-order valence-electron chi connectivity index (χ0n) is 10.4. The molecule has 1 heterocycles. The van der Waals surface area contributed by atoms with Gasteiger partial charge in [-0.3, -0.25) is 4.79 Å². The highest BCUT2D eigenvalue weighted by Gasteiger charge is 2.28. The molecular weight excluding hydrogens is 308 g/mol. The van der Waals surface area contributed by atoms with E-state index in [0.717, 1.165) is 12.1 Å². The molecule has 1 fully saturated rings. The largest absolute Gasteiger partial charge is 0.325 e. The van der Waals surface area contributed by atoms with Crippen LogP contribution in [0.2, 0.25) is 0 Å². The Bertz CT molecular complexity index is 619. The lowest BCUT2D eigenvalue weighted by Crippen LogP contribution is -2.17. The molecule has 0 saturated carbocycles. The predicted octanol–water partition coefficient (Wildman–Crippen LogP) is 1.82. The third-order valence-corrected chi connectivity index (χ3v) is 6.13. The van der Waals surface area contributed by atoms with Crippen molar-refractivity contribution in [2.45, 2.75) is 11.7 Å². The molecule has 1 saturated heterocycles. The quantitative estimate of drug-likeness (QED) is 0.919. The number of hydrogen-bond donors (Lipinski definition) is 1. The summed E-state index contributed by atoms with van der Waals surface area (Å²) >= 11 is 1.26. The lowest BCUT2D eigenvalue weighted by atomic mass is 10.3. The molecule has 0 radical (unpaired) electrons. The number of carbonyl (C=O) groups is 1. The fourth-order valence-electron chi connectivity index (χ4n) is 1.86. The number of rotatable bonds is 4. The van der Waals surface area contributed by atoms with Gasteiger partial charge >= 0.3 is 0 Å². The molecule has 110 valence electrons. The van der Waals surface area contributed by atoms with Crippen LogP contribution in [0.25, 0.3) is 0 Å². The Morgan fingerprint density at radius 3 is 2.70 bits per heavy atom. The number of nitrogens with one attached hydrogen (secondary N) is 1. The Kier molecular flexibility index (Phi) is 4.64. The topological polar surface area (TPSA) is 63.2 Å². The third-order valence-electron chi connectivity index (χ3n) is 2.84. The van der Waals surface area contributed by atoms with Crippen molar-refractivity contribution in [1.82, 2.24) is 0 Å².